The molecule has 0 saturated carbocycles. The first-order valence-electron chi connectivity index (χ1n) is 10.5. The standard InChI is InChI=1S/C23H31N3O4/c1-16(2)21(25-22(27)18-7-5-4-6-8-18)23(28)24-15-19(20-10-9-17(3)30-20)26-11-13-29-14-12-26/h4-10,16,19,21H,11-15H2,1-3H3,(H,24,28)(H,25,27). The first-order chi connectivity index (χ1) is 14.5. The largest absolute Gasteiger partial charge is 0.465 e. The summed E-state index contributed by atoms with van der Waals surface area (Å²) >= 11 is 0. The molecule has 7 nitrogen and oxygen atoms in total. The Morgan fingerprint density at radius 2 is 1.77 bits per heavy atom. The summed E-state index contributed by atoms with van der Waals surface area (Å²) in [6.45, 7) is 9.02. The monoisotopic (exact) mass is 413 g/mol. The number of benzene rings is 1. The molecule has 0 spiro atoms. The van der Waals surface area contributed by atoms with E-state index < -0.39 is 6.04 Å². The van der Waals surface area contributed by atoms with E-state index in [9.17, 15) is 9.59 Å². The third kappa shape index (κ3) is 5.70. The highest BCUT2D eigenvalue weighted by Crippen LogP contribution is 2.23. The summed E-state index contributed by atoms with van der Waals surface area (Å²) in [6.07, 6.45) is 0. The van der Waals surface area contributed by atoms with Crippen LogP contribution in [0.1, 0.15) is 41.8 Å². The number of nitrogens with zero attached hydrogens (tertiary/aromatic N) is 1. The van der Waals surface area contributed by atoms with E-state index in [4.69, 9.17) is 9.15 Å². The average molecular weight is 414 g/mol. The molecule has 1 aromatic heterocycles. The normalized spacial score (nSPS) is 16.8. The Bertz CT molecular complexity index is 828. The fourth-order valence-electron chi connectivity index (χ4n) is 3.59. The van der Waals surface area contributed by atoms with Gasteiger partial charge in [-0.3, -0.25) is 14.5 Å². The molecule has 30 heavy (non-hydrogen) atoms. The molecule has 0 radical (unpaired) electrons. The smallest absolute Gasteiger partial charge is 0.251 e. The Morgan fingerprint density at radius 1 is 1.07 bits per heavy atom. The van der Waals surface area contributed by atoms with Crippen molar-refractivity contribution in [3.8, 4) is 0 Å². The Balaban J connectivity index is 1.66. The second kappa shape index (κ2) is 10.4. The first-order valence-corrected chi connectivity index (χ1v) is 10.5. The van der Waals surface area contributed by atoms with Crippen LogP contribution in [0.5, 0.6) is 0 Å². The lowest BCUT2D eigenvalue weighted by atomic mass is 10.0. The Kier molecular flexibility index (Phi) is 7.65. The highest BCUT2D eigenvalue weighted by Gasteiger charge is 2.29. The molecule has 1 aliphatic rings. The molecule has 2 unspecified atom stereocenters. The third-order valence-electron chi connectivity index (χ3n) is 5.32. The molecule has 1 fully saturated rings. The minimum Gasteiger partial charge on any atom is -0.465 e. The van der Waals surface area contributed by atoms with E-state index in [1.807, 2.05) is 39.0 Å². The summed E-state index contributed by atoms with van der Waals surface area (Å²) in [7, 11) is 0. The summed E-state index contributed by atoms with van der Waals surface area (Å²) in [5.74, 6) is 1.16. The molecule has 2 aromatic rings. The van der Waals surface area contributed by atoms with Crippen LogP contribution in [-0.2, 0) is 9.53 Å². The van der Waals surface area contributed by atoms with Crippen molar-refractivity contribution in [1.82, 2.24) is 15.5 Å². The van der Waals surface area contributed by atoms with Gasteiger partial charge in [-0.05, 0) is 37.1 Å². The zero-order valence-corrected chi connectivity index (χ0v) is 17.9. The first kappa shape index (κ1) is 22.1. The quantitative estimate of drug-likeness (QED) is 0.695. The minimum absolute atomic E-state index is 0.0506. The maximum Gasteiger partial charge on any atom is 0.251 e. The number of ether oxygens (including phenoxy) is 1. The lowest BCUT2D eigenvalue weighted by Crippen LogP contribution is -2.51. The van der Waals surface area contributed by atoms with Crippen LogP contribution in [0, 0.1) is 12.8 Å². The van der Waals surface area contributed by atoms with Crippen LogP contribution in [0.25, 0.3) is 0 Å². The highest BCUT2D eigenvalue weighted by molar-refractivity contribution is 5.97. The van der Waals surface area contributed by atoms with Gasteiger partial charge in [0.2, 0.25) is 5.91 Å². The number of aryl methyl sites for hydroxylation is 1. The van der Waals surface area contributed by atoms with Crippen LogP contribution < -0.4 is 10.6 Å². The van der Waals surface area contributed by atoms with Gasteiger partial charge in [0, 0.05) is 25.2 Å². The van der Waals surface area contributed by atoms with Crippen molar-refractivity contribution in [2.75, 3.05) is 32.8 Å². The van der Waals surface area contributed by atoms with Crippen LogP contribution in [-0.4, -0.2) is 55.6 Å². The lowest BCUT2D eigenvalue weighted by molar-refractivity contribution is -0.124. The number of carbonyl (C=O) groups excluding carboxylic acids is 2. The topological polar surface area (TPSA) is 83.8 Å². The number of morpholine rings is 1. The molecule has 2 atom stereocenters. The van der Waals surface area contributed by atoms with Gasteiger partial charge in [0.25, 0.3) is 5.91 Å². The number of furan rings is 1. The van der Waals surface area contributed by atoms with E-state index >= 15 is 0 Å². The number of carbonyl (C=O) groups is 2. The predicted molar refractivity (Wildman–Crippen MR) is 114 cm³/mol. The summed E-state index contributed by atoms with van der Waals surface area (Å²) in [6, 6.07) is 12.1. The summed E-state index contributed by atoms with van der Waals surface area (Å²) in [5.41, 5.74) is 0.535. The second-order valence-corrected chi connectivity index (χ2v) is 7.92. The van der Waals surface area contributed by atoms with Gasteiger partial charge in [0.15, 0.2) is 0 Å². The van der Waals surface area contributed by atoms with Gasteiger partial charge >= 0.3 is 0 Å². The Morgan fingerprint density at radius 3 is 2.37 bits per heavy atom. The molecular weight excluding hydrogens is 382 g/mol. The number of rotatable bonds is 8. The van der Waals surface area contributed by atoms with E-state index in [2.05, 4.69) is 15.5 Å². The van der Waals surface area contributed by atoms with E-state index in [0.717, 1.165) is 24.6 Å². The summed E-state index contributed by atoms with van der Waals surface area (Å²) in [4.78, 5) is 27.8. The molecule has 3 rings (SSSR count). The van der Waals surface area contributed by atoms with Crippen molar-refractivity contribution in [2.24, 2.45) is 5.92 Å². The van der Waals surface area contributed by atoms with E-state index in [-0.39, 0.29) is 23.8 Å². The molecule has 2 N–H and O–H groups in total. The van der Waals surface area contributed by atoms with Crippen molar-refractivity contribution in [2.45, 2.75) is 32.9 Å². The van der Waals surface area contributed by atoms with Crippen LogP contribution >= 0.6 is 0 Å². The van der Waals surface area contributed by atoms with E-state index in [1.54, 1.807) is 24.3 Å². The summed E-state index contributed by atoms with van der Waals surface area (Å²) in [5, 5.41) is 5.90. The van der Waals surface area contributed by atoms with Gasteiger partial charge in [-0.25, -0.2) is 0 Å². The van der Waals surface area contributed by atoms with Crippen LogP contribution in [0.2, 0.25) is 0 Å². The van der Waals surface area contributed by atoms with Gasteiger partial charge < -0.3 is 19.8 Å². The molecule has 0 aliphatic carbocycles. The number of nitrogens with one attached hydrogen (secondary N) is 2. The van der Waals surface area contributed by atoms with Crippen molar-refractivity contribution in [3.05, 3.63) is 59.5 Å². The zero-order chi connectivity index (χ0) is 21.5. The number of hydrogen-bond acceptors (Lipinski definition) is 5. The molecule has 162 valence electrons. The zero-order valence-electron chi connectivity index (χ0n) is 17.9. The predicted octanol–water partition coefficient (Wildman–Crippen LogP) is 2.53. The highest BCUT2D eigenvalue weighted by atomic mass is 16.5. The van der Waals surface area contributed by atoms with Gasteiger partial charge in [-0.2, -0.15) is 0 Å². The molecule has 1 aliphatic heterocycles. The van der Waals surface area contributed by atoms with E-state index in [1.165, 1.54) is 0 Å². The minimum atomic E-state index is -0.624. The SMILES string of the molecule is Cc1ccc(C(CNC(=O)C(NC(=O)c2ccccc2)C(C)C)N2CCOCC2)o1. The van der Waals surface area contributed by atoms with Gasteiger partial charge in [0.1, 0.15) is 17.6 Å². The van der Waals surface area contributed by atoms with Crippen molar-refractivity contribution < 1.29 is 18.7 Å². The van der Waals surface area contributed by atoms with Crippen LogP contribution in [0.3, 0.4) is 0 Å². The maximum atomic E-state index is 13.0. The Labute approximate surface area is 177 Å². The molecule has 7 heteroatoms. The van der Waals surface area contributed by atoms with Gasteiger partial charge in [-0.1, -0.05) is 32.0 Å². The molecule has 2 amide bonds. The molecular formula is C23H31N3O4. The van der Waals surface area contributed by atoms with Crippen LogP contribution in [0.15, 0.2) is 46.9 Å². The number of amides is 2. The molecule has 1 saturated heterocycles. The maximum absolute atomic E-state index is 13.0. The van der Waals surface area contributed by atoms with Crippen molar-refractivity contribution in [1.29, 1.82) is 0 Å². The molecule has 1 aromatic carbocycles. The van der Waals surface area contributed by atoms with Gasteiger partial charge in [0.05, 0.1) is 19.3 Å². The lowest BCUT2D eigenvalue weighted by Gasteiger charge is -2.34. The average Bonchev–Trinajstić information content (AvgIpc) is 3.19. The Hall–Kier alpha value is -2.64. The van der Waals surface area contributed by atoms with Gasteiger partial charge in [-0.15, -0.1) is 0 Å². The van der Waals surface area contributed by atoms with Crippen molar-refractivity contribution >= 4 is 11.8 Å². The van der Waals surface area contributed by atoms with Crippen LogP contribution in [0.4, 0.5) is 0 Å². The fraction of sp³-hybridized carbons (Fsp3) is 0.478. The molecule has 0 bridgehead atoms. The number of hydrogen-bond donors (Lipinski definition) is 2. The van der Waals surface area contributed by atoms with E-state index in [0.29, 0.717) is 25.3 Å². The molecule has 2 heterocycles. The summed E-state index contributed by atoms with van der Waals surface area (Å²) < 4.78 is 11.3. The fourth-order valence-corrected chi connectivity index (χ4v) is 3.59. The third-order valence-corrected chi connectivity index (χ3v) is 5.32. The van der Waals surface area contributed by atoms with Crippen molar-refractivity contribution in [3.63, 3.8) is 0 Å². The second-order valence-electron chi connectivity index (χ2n) is 7.92.